The van der Waals surface area contributed by atoms with E-state index in [1.807, 2.05) is 32.9 Å². The van der Waals surface area contributed by atoms with Crippen molar-refractivity contribution in [3.63, 3.8) is 0 Å². The summed E-state index contributed by atoms with van der Waals surface area (Å²) in [5.74, 6) is -0.166. The quantitative estimate of drug-likeness (QED) is 0.526. The van der Waals surface area contributed by atoms with Gasteiger partial charge < -0.3 is 10.1 Å². The van der Waals surface area contributed by atoms with Crippen molar-refractivity contribution < 1.29 is 22.3 Å². The normalized spacial score (nSPS) is 12.2. The molecule has 0 aliphatic carbocycles. The highest BCUT2D eigenvalue weighted by Crippen LogP contribution is 2.25. The molecule has 0 bridgehead atoms. The molecule has 0 heterocycles. The van der Waals surface area contributed by atoms with Gasteiger partial charge in [-0.05, 0) is 99.0 Å². The van der Waals surface area contributed by atoms with Crippen LogP contribution >= 0.6 is 0 Å². The molecule has 0 aliphatic heterocycles. The van der Waals surface area contributed by atoms with Gasteiger partial charge in [0.2, 0.25) is 0 Å². The van der Waals surface area contributed by atoms with Gasteiger partial charge >= 0.3 is 0 Å². The third-order valence-corrected chi connectivity index (χ3v) is 6.36. The first-order valence-corrected chi connectivity index (χ1v) is 11.5. The maximum Gasteiger partial charge on any atom is 0.265 e. The van der Waals surface area contributed by atoms with Crippen LogP contribution in [0.2, 0.25) is 0 Å². The van der Waals surface area contributed by atoms with Crippen molar-refractivity contribution in [2.24, 2.45) is 0 Å². The van der Waals surface area contributed by atoms with Crippen molar-refractivity contribution in [3.8, 4) is 5.75 Å². The van der Waals surface area contributed by atoms with Crippen molar-refractivity contribution in [3.05, 3.63) is 83.2 Å². The maximum atomic E-state index is 13.0. The molecule has 0 saturated heterocycles. The Morgan fingerprint density at radius 1 is 0.938 bits per heavy atom. The standard InChI is InChI=1S/C24H25FN2O4S/c1-15-13-16(2)17(3)23(14-15)31-18(4)24(28)26-20-9-11-22(12-10-20)32(29,30)27-21-7-5-19(25)6-8-21/h5-14,18,27H,1-4H3,(H,26,28)/t18-/m0/s1. The highest BCUT2D eigenvalue weighted by atomic mass is 32.2. The van der Waals surface area contributed by atoms with E-state index in [1.54, 1.807) is 6.92 Å². The SMILES string of the molecule is Cc1cc(C)c(C)c(O[C@@H](C)C(=O)Nc2ccc(S(=O)(=O)Nc3ccc(F)cc3)cc2)c1. The summed E-state index contributed by atoms with van der Waals surface area (Å²) in [6.45, 7) is 7.54. The average Bonchev–Trinajstić information content (AvgIpc) is 2.73. The van der Waals surface area contributed by atoms with Gasteiger partial charge in [-0.1, -0.05) is 6.07 Å². The summed E-state index contributed by atoms with van der Waals surface area (Å²) >= 11 is 0. The average molecular weight is 457 g/mol. The van der Waals surface area contributed by atoms with Crippen LogP contribution in [0.1, 0.15) is 23.6 Å². The van der Waals surface area contributed by atoms with Crippen molar-refractivity contribution in [1.82, 2.24) is 0 Å². The predicted molar refractivity (Wildman–Crippen MR) is 123 cm³/mol. The molecule has 1 atom stereocenters. The molecule has 2 N–H and O–H groups in total. The van der Waals surface area contributed by atoms with Crippen molar-refractivity contribution >= 4 is 27.3 Å². The van der Waals surface area contributed by atoms with E-state index in [-0.39, 0.29) is 16.5 Å². The summed E-state index contributed by atoms with van der Waals surface area (Å²) < 4.78 is 46.2. The molecule has 1 amide bonds. The Hall–Kier alpha value is -3.39. The minimum Gasteiger partial charge on any atom is -0.481 e. The summed E-state index contributed by atoms with van der Waals surface area (Å²) in [4.78, 5) is 12.6. The highest BCUT2D eigenvalue weighted by molar-refractivity contribution is 7.92. The third-order valence-electron chi connectivity index (χ3n) is 4.97. The van der Waals surface area contributed by atoms with Crippen LogP contribution in [0.5, 0.6) is 5.75 Å². The minimum atomic E-state index is -3.85. The van der Waals surface area contributed by atoms with Crippen molar-refractivity contribution in [2.45, 2.75) is 38.7 Å². The molecular weight excluding hydrogens is 431 g/mol. The van der Waals surface area contributed by atoms with E-state index in [2.05, 4.69) is 10.0 Å². The molecule has 0 aliphatic rings. The van der Waals surface area contributed by atoms with Gasteiger partial charge in [0.05, 0.1) is 4.90 Å². The topological polar surface area (TPSA) is 84.5 Å². The molecule has 0 saturated carbocycles. The molecule has 3 rings (SSSR count). The van der Waals surface area contributed by atoms with Crippen molar-refractivity contribution in [2.75, 3.05) is 10.0 Å². The van der Waals surface area contributed by atoms with E-state index < -0.39 is 21.9 Å². The fourth-order valence-corrected chi connectivity index (χ4v) is 4.12. The number of aryl methyl sites for hydroxylation is 2. The zero-order valence-electron chi connectivity index (χ0n) is 18.3. The molecule has 0 aromatic heterocycles. The molecule has 32 heavy (non-hydrogen) atoms. The lowest BCUT2D eigenvalue weighted by Gasteiger charge is -2.18. The molecule has 0 radical (unpaired) electrons. The van der Waals surface area contributed by atoms with Gasteiger partial charge in [-0.3, -0.25) is 9.52 Å². The predicted octanol–water partition coefficient (Wildman–Crippen LogP) is 4.96. The van der Waals surface area contributed by atoms with E-state index in [0.29, 0.717) is 11.4 Å². The molecule has 0 fully saturated rings. The molecule has 0 spiro atoms. The van der Waals surface area contributed by atoms with Gasteiger partial charge in [-0.15, -0.1) is 0 Å². The fraction of sp³-hybridized carbons (Fsp3) is 0.208. The van der Waals surface area contributed by atoms with E-state index in [1.165, 1.54) is 48.5 Å². The molecule has 0 unspecified atom stereocenters. The number of nitrogens with one attached hydrogen (secondary N) is 2. The number of rotatable bonds is 7. The summed E-state index contributed by atoms with van der Waals surface area (Å²) in [5.41, 5.74) is 3.78. The second-order valence-electron chi connectivity index (χ2n) is 7.59. The Morgan fingerprint density at radius 3 is 2.16 bits per heavy atom. The zero-order valence-corrected chi connectivity index (χ0v) is 19.1. The first-order valence-electron chi connectivity index (χ1n) is 9.99. The number of benzene rings is 3. The minimum absolute atomic E-state index is 0.00924. The fourth-order valence-electron chi connectivity index (χ4n) is 3.06. The Bertz CT molecular complexity index is 1220. The molecule has 3 aromatic rings. The summed E-state index contributed by atoms with van der Waals surface area (Å²) in [6.07, 6.45) is -0.751. The molecular formula is C24H25FN2O4S. The van der Waals surface area contributed by atoms with Crippen LogP contribution in [-0.4, -0.2) is 20.4 Å². The number of carbonyl (C=O) groups is 1. The van der Waals surface area contributed by atoms with Gasteiger partial charge in [0.1, 0.15) is 11.6 Å². The van der Waals surface area contributed by atoms with Crippen LogP contribution in [-0.2, 0) is 14.8 Å². The highest BCUT2D eigenvalue weighted by Gasteiger charge is 2.18. The number of anilines is 2. The smallest absolute Gasteiger partial charge is 0.265 e. The lowest BCUT2D eigenvalue weighted by molar-refractivity contribution is -0.122. The molecule has 6 nitrogen and oxygen atoms in total. The largest absolute Gasteiger partial charge is 0.481 e. The Morgan fingerprint density at radius 2 is 1.53 bits per heavy atom. The molecule has 3 aromatic carbocycles. The number of carbonyl (C=O) groups excluding carboxylic acids is 1. The first-order chi connectivity index (χ1) is 15.0. The van der Waals surface area contributed by atoms with E-state index in [4.69, 9.17) is 4.74 Å². The Kier molecular flexibility index (Phi) is 6.84. The Balaban J connectivity index is 1.66. The maximum absolute atomic E-state index is 13.0. The Labute approximate surface area is 187 Å². The number of sulfonamides is 1. The van der Waals surface area contributed by atoms with E-state index >= 15 is 0 Å². The zero-order chi connectivity index (χ0) is 23.5. The molecule has 8 heteroatoms. The number of hydrogen-bond acceptors (Lipinski definition) is 4. The van der Waals surface area contributed by atoms with Crippen LogP contribution in [0.3, 0.4) is 0 Å². The van der Waals surface area contributed by atoms with E-state index in [9.17, 15) is 17.6 Å². The number of ether oxygens (including phenoxy) is 1. The summed E-state index contributed by atoms with van der Waals surface area (Å²) in [5, 5.41) is 2.72. The van der Waals surface area contributed by atoms with Gasteiger partial charge in [-0.2, -0.15) is 0 Å². The van der Waals surface area contributed by atoms with Gasteiger partial charge in [-0.25, -0.2) is 12.8 Å². The number of halogens is 1. The van der Waals surface area contributed by atoms with Crippen LogP contribution in [0.25, 0.3) is 0 Å². The number of amides is 1. The second-order valence-corrected chi connectivity index (χ2v) is 9.27. The number of hydrogen-bond donors (Lipinski definition) is 2. The monoisotopic (exact) mass is 456 g/mol. The summed E-state index contributed by atoms with van der Waals surface area (Å²) in [7, 11) is -3.85. The van der Waals surface area contributed by atoms with E-state index in [0.717, 1.165) is 16.7 Å². The van der Waals surface area contributed by atoms with Crippen molar-refractivity contribution in [1.29, 1.82) is 0 Å². The lowest BCUT2D eigenvalue weighted by Crippen LogP contribution is -2.30. The first kappa shape index (κ1) is 23.3. The second kappa shape index (κ2) is 9.40. The van der Waals surface area contributed by atoms with Crippen LogP contribution in [0, 0.1) is 26.6 Å². The third kappa shape index (κ3) is 5.64. The summed E-state index contributed by atoms with van der Waals surface area (Å²) in [6, 6.07) is 14.7. The molecule has 168 valence electrons. The van der Waals surface area contributed by atoms with Gasteiger partial charge in [0.15, 0.2) is 6.10 Å². The van der Waals surface area contributed by atoms with Crippen LogP contribution < -0.4 is 14.8 Å². The van der Waals surface area contributed by atoms with Gasteiger partial charge in [0.25, 0.3) is 15.9 Å². The van der Waals surface area contributed by atoms with Crippen LogP contribution in [0.4, 0.5) is 15.8 Å². The van der Waals surface area contributed by atoms with Gasteiger partial charge in [0, 0.05) is 11.4 Å². The van der Waals surface area contributed by atoms with Crippen LogP contribution in [0.15, 0.2) is 65.6 Å². The lowest BCUT2D eigenvalue weighted by atomic mass is 10.1.